The lowest BCUT2D eigenvalue weighted by molar-refractivity contribution is 0.460. The molecule has 0 amide bonds. The Morgan fingerprint density at radius 3 is 2.71 bits per heavy atom. The minimum Gasteiger partial charge on any atom is -0.372 e. The normalized spacial score (nSPS) is 11.1. The summed E-state index contributed by atoms with van der Waals surface area (Å²) in [7, 11) is 0. The van der Waals surface area contributed by atoms with E-state index in [4.69, 9.17) is 0 Å². The van der Waals surface area contributed by atoms with Crippen LogP contribution in [0, 0.1) is 0 Å². The average molecular weight is 292 g/mol. The van der Waals surface area contributed by atoms with Crippen LogP contribution in [0.15, 0.2) is 48.8 Å². The van der Waals surface area contributed by atoms with Crippen LogP contribution in [0.4, 0.5) is 0 Å². The number of aromatic nitrogens is 1. The summed E-state index contributed by atoms with van der Waals surface area (Å²) in [6, 6.07) is 9.18. The third-order valence-electron chi connectivity index (χ3n) is 2.58. The van der Waals surface area contributed by atoms with Crippen molar-refractivity contribution in [2.24, 2.45) is 0 Å². The number of hydrogen-bond donors (Lipinski definition) is 1. The molecule has 3 aromatic rings. The fourth-order valence-electron chi connectivity index (χ4n) is 1.82. The summed E-state index contributed by atoms with van der Waals surface area (Å²) in [6.07, 6.45) is 0. The zero-order valence-corrected chi connectivity index (χ0v) is 10.1. The molecule has 0 bridgehead atoms. The van der Waals surface area contributed by atoms with Crippen molar-refractivity contribution in [1.82, 2.24) is 4.98 Å². The molecule has 3 rings (SSSR count). The van der Waals surface area contributed by atoms with Crippen molar-refractivity contribution in [3.8, 4) is 0 Å². The van der Waals surface area contributed by atoms with E-state index in [1.54, 1.807) is 12.1 Å². The number of rotatable bonds is 0. The summed E-state index contributed by atoms with van der Waals surface area (Å²) >= 11 is 3.37. The van der Waals surface area contributed by atoms with Crippen LogP contribution >= 0.6 is 15.9 Å². The van der Waals surface area contributed by atoms with Crippen LogP contribution in [-0.4, -0.2) is 4.98 Å². The number of H-pyrrole nitrogens is 1. The maximum absolute atomic E-state index is 11.5. The molecule has 17 heavy (non-hydrogen) atoms. The molecule has 0 saturated carbocycles. The van der Waals surface area contributed by atoms with Gasteiger partial charge in [-0.25, -0.2) is 9.59 Å². The monoisotopic (exact) mass is 291 g/mol. The van der Waals surface area contributed by atoms with Crippen molar-refractivity contribution >= 4 is 37.6 Å². The largest absolute Gasteiger partial charge is 0.419 e. The highest BCUT2D eigenvalue weighted by atomic mass is 79.9. The molecule has 84 valence electrons. The van der Waals surface area contributed by atoms with Gasteiger partial charge in [-0.3, -0.25) is 4.98 Å². The smallest absolute Gasteiger partial charge is 0.372 e. The molecule has 1 N–H and O–H groups in total. The van der Waals surface area contributed by atoms with Crippen LogP contribution in [0.1, 0.15) is 0 Å². The number of fused-ring (bicyclic) bond motifs is 2. The van der Waals surface area contributed by atoms with E-state index in [2.05, 4.69) is 25.3 Å². The van der Waals surface area contributed by atoms with E-state index < -0.39 is 11.4 Å². The highest BCUT2D eigenvalue weighted by molar-refractivity contribution is 9.10. The number of benzene rings is 2. The highest BCUT2D eigenvalue weighted by Crippen LogP contribution is 2.22. The summed E-state index contributed by atoms with van der Waals surface area (Å²) in [5.74, 6) is -0.737. The molecule has 0 unspecified atom stereocenters. The van der Waals surface area contributed by atoms with E-state index in [1.165, 1.54) is 0 Å². The first-order valence-electron chi connectivity index (χ1n) is 4.90. The van der Waals surface area contributed by atoms with Crippen LogP contribution < -0.4 is 11.4 Å². The van der Waals surface area contributed by atoms with Crippen molar-refractivity contribution in [1.29, 1.82) is 0 Å². The van der Waals surface area contributed by atoms with Gasteiger partial charge in [-0.05, 0) is 35.0 Å². The molecule has 0 atom stereocenters. The maximum Gasteiger partial charge on any atom is 0.419 e. The molecule has 0 aliphatic rings. The summed E-state index contributed by atoms with van der Waals surface area (Å²) in [6.45, 7) is 0. The molecule has 0 radical (unpaired) electrons. The molecular weight excluding hydrogens is 286 g/mol. The van der Waals surface area contributed by atoms with E-state index in [0.717, 1.165) is 15.2 Å². The van der Waals surface area contributed by atoms with Crippen molar-refractivity contribution in [3.05, 3.63) is 55.8 Å². The third-order valence-corrected chi connectivity index (χ3v) is 3.07. The predicted octanol–water partition coefficient (Wildman–Crippen LogP) is 2.40. The Labute approximate surface area is 103 Å². The highest BCUT2D eigenvalue weighted by Gasteiger charge is 2.04. The molecule has 0 saturated heterocycles. The fraction of sp³-hybridized carbons (Fsp3) is 0. The van der Waals surface area contributed by atoms with Crippen molar-refractivity contribution < 1.29 is 4.42 Å². The molecule has 0 fully saturated rings. The van der Waals surface area contributed by atoms with Gasteiger partial charge in [0.2, 0.25) is 0 Å². The Kier molecular flexibility index (Phi) is 2.16. The molecule has 4 nitrogen and oxygen atoms in total. The Bertz CT molecular complexity index is 848. The Morgan fingerprint density at radius 1 is 1.06 bits per heavy atom. The number of nitrogens with one attached hydrogen (secondary N) is 1. The molecule has 1 heterocycles. The molecule has 2 aromatic carbocycles. The van der Waals surface area contributed by atoms with Crippen molar-refractivity contribution in [2.45, 2.75) is 0 Å². The van der Waals surface area contributed by atoms with E-state index in [0.29, 0.717) is 10.9 Å². The maximum atomic E-state index is 11.5. The zero-order chi connectivity index (χ0) is 12.0. The van der Waals surface area contributed by atoms with Gasteiger partial charge in [0.1, 0.15) is 0 Å². The lowest BCUT2D eigenvalue weighted by Crippen LogP contribution is -2.14. The first-order valence-corrected chi connectivity index (χ1v) is 5.69. The standard InChI is InChI=1S/C12H6BrNO3/c13-8-2-1-6-5-10-9(4-7(6)3-8)11(15)17-12(16)14-10/h1-5H,(H,14,16). The summed E-state index contributed by atoms with van der Waals surface area (Å²) in [5.41, 5.74) is -0.133. The quantitative estimate of drug-likeness (QED) is 0.647. The van der Waals surface area contributed by atoms with Crippen LogP contribution in [0.5, 0.6) is 0 Å². The lowest BCUT2D eigenvalue weighted by Gasteiger charge is -2.01. The second-order valence-corrected chi connectivity index (χ2v) is 4.61. The van der Waals surface area contributed by atoms with Gasteiger partial charge in [-0.1, -0.05) is 22.0 Å². The van der Waals surface area contributed by atoms with E-state index in [1.807, 2.05) is 18.2 Å². The van der Waals surface area contributed by atoms with Crippen molar-refractivity contribution in [3.63, 3.8) is 0 Å². The van der Waals surface area contributed by atoms with E-state index >= 15 is 0 Å². The molecular formula is C12H6BrNO3. The number of halogens is 1. The SMILES string of the molecule is O=c1[nH]c2cc3ccc(Br)cc3cc2c(=O)o1. The summed E-state index contributed by atoms with van der Waals surface area (Å²) in [4.78, 5) is 25.1. The van der Waals surface area contributed by atoms with Crippen LogP contribution in [-0.2, 0) is 0 Å². The molecule has 0 aliphatic carbocycles. The minimum absolute atomic E-state index is 0.371. The minimum atomic E-state index is -0.737. The number of aromatic amines is 1. The summed E-state index contributed by atoms with van der Waals surface area (Å²) < 4.78 is 5.42. The van der Waals surface area contributed by atoms with E-state index in [-0.39, 0.29) is 0 Å². The van der Waals surface area contributed by atoms with Crippen molar-refractivity contribution in [2.75, 3.05) is 0 Å². The number of hydrogen-bond acceptors (Lipinski definition) is 3. The Morgan fingerprint density at radius 2 is 1.88 bits per heavy atom. The zero-order valence-electron chi connectivity index (χ0n) is 8.49. The molecule has 0 spiro atoms. The Hall–Kier alpha value is -1.88. The van der Waals surface area contributed by atoms with Gasteiger partial charge in [0.25, 0.3) is 0 Å². The van der Waals surface area contributed by atoms with E-state index in [9.17, 15) is 9.59 Å². The third kappa shape index (κ3) is 1.68. The second kappa shape index (κ2) is 3.56. The second-order valence-electron chi connectivity index (χ2n) is 3.69. The Balaban J connectivity index is 2.56. The first kappa shape index (κ1) is 10.3. The van der Waals surface area contributed by atoms with Gasteiger partial charge in [0.05, 0.1) is 10.9 Å². The molecule has 5 heteroatoms. The lowest BCUT2D eigenvalue weighted by atomic mass is 10.1. The van der Waals surface area contributed by atoms with Gasteiger partial charge in [-0.2, -0.15) is 0 Å². The van der Waals surface area contributed by atoms with Crippen LogP contribution in [0.2, 0.25) is 0 Å². The van der Waals surface area contributed by atoms with Gasteiger partial charge >= 0.3 is 11.4 Å². The molecule has 1 aromatic heterocycles. The van der Waals surface area contributed by atoms with Gasteiger partial charge in [0, 0.05) is 4.47 Å². The summed E-state index contributed by atoms with van der Waals surface area (Å²) in [5, 5.41) is 2.23. The topological polar surface area (TPSA) is 63.1 Å². The first-order chi connectivity index (χ1) is 8.13. The van der Waals surface area contributed by atoms with Gasteiger partial charge < -0.3 is 4.42 Å². The van der Waals surface area contributed by atoms with Gasteiger partial charge in [0.15, 0.2) is 0 Å². The predicted molar refractivity (Wildman–Crippen MR) is 68.3 cm³/mol. The van der Waals surface area contributed by atoms with Crippen LogP contribution in [0.3, 0.4) is 0 Å². The van der Waals surface area contributed by atoms with Gasteiger partial charge in [-0.15, -0.1) is 0 Å². The fourth-order valence-corrected chi connectivity index (χ4v) is 2.19. The molecule has 0 aliphatic heterocycles. The van der Waals surface area contributed by atoms with Crippen LogP contribution in [0.25, 0.3) is 21.7 Å². The average Bonchev–Trinajstić information content (AvgIpc) is 2.27.